The summed E-state index contributed by atoms with van der Waals surface area (Å²) in [5.74, 6) is 0. The van der Waals surface area contributed by atoms with Crippen LogP contribution < -0.4 is 9.80 Å². The summed E-state index contributed by atoms with van der Waals surface area (Å²) in [5, 5.41) is 23.3. The standard InChI is InChI=1S/C15H17F3N4O4S/c1-3-19(4-2)13-10(21(23)24)8-9(15(16,17)18)12(14(13)22(25)26)20-7-5-6-11(20)27/h8H,3-7H2,1-2H3. The number of rotatable bonds is 6. The largest absolute Gasteiger partial charge is 0.418 e. The highest BCUT2D eigenvalue weighted by Gasteiger charge is 2.46. The molecule has 1 saturated heterocycles. The fourth-order valence-electron chi connectivity index (χ4n) is 3.17. The second kappa shape index (κ2) is 7.62. The minimum atomic E-state index is -5.02. The van der Waals surface area contributed by atoms with Crippen LogP contribution in [0.25, 0.3) is 0 Å². The monoisotopic (exact) mass is 406 g/mol. The first-order chi connectivity index (χ1) is 12.5. The highest BCUT2D eigenvalue weighted by atomic mass is 32.1. The summed E-state index contributed by atoms with van der Waals surface area (Å²) in [6, 6.07) is 0.372. The number of alkyl halides is 3. The summed E-state index contributed by atoms with van der Waals surface area (Å²) in [6.07, 6.45) is -4.25. The molecule has 0 N–H and O–H groups in total. The van der Waals surface area contributed by atoms with Crippen molar-refractivity contribution in [3.8, 4) is 0 Å². The number of thiocarbonyl (C=S) groups is 1. The van der Waals surface area contributed by atoms with Crippen molar-refractivity contribution in [2.45, 2.75) is 32.9 Å². The van der Waals surface area contributed by atoms with Gasteiger partial charge in [-0.15, -0.1) is 0 Å². The van der Waals surface area contributed by atoms with Gasteiger partial charge in [0.1, 0.15) is 5.69 Å². The van der Waals surface area contributed by atoms with E-state index >= 15 is 0 Å². The maximum Gasteiger partial charge on any atom is 0.418 e. The minimum Gasteiger partial charge on any atom is -0.361 e. The lowest BCUT2D eigenvalue weighted by Crippen LogP contribution is -2.30. The van der Waals surface area contributed by atoms with Gasteiger partial charge in [0, 0.05) is 25.7 Å². The van der Waals surface area contributed by atoms with Crippen LogP contribution in [0, 0.1) is 20.2 Å². The zero-order valence-corrected chi connectivity index (χ0v) is 15.4. The van der Waals surface area contributed by atoms with Crippen LogP contribution in [-0.4, -0.2) is 34.5 Å². The maximum atomic E-state index is 13.7. The van der Waals surface area contributed by atoms with Crippen LogP contribution in [0.3, 0.4) is 0 Å². The summed E-state index contributed by atoms with van der Waals surface area (Å²) >= 11 is 5.09. The van der Waals surface area contributed by atoms with Crippen molar-refractivity contribution in [1.82, 2.24) is 0 Å². The van der Waals surface area contributed by atoms with Crippen LogP contribution in [0.4, 0.5) is 35.9 Å². The highest BCUT2D eigenvalue weighted by Crippen LogP contribution is 2.51. The number of benzene rings is 1. The second-order valence-electron chi connectivity index (χ2n) is 5.82. The SMILES string of the molecule is CCN(CC)c1c([N+](=O)[O-])cc(C(F)(F)F)c(N2CCCC2=S)c1[N+](=O)[O-]. The van der Waals surface area contributed by atoms with E-state index in [1.165, 1.54) is 4.90 Å². The van der Waals surface area contributed by atoms with Gasteiger partial charge in [0.15, 0.2) is 5.69 Å². The zero-order chi connectivity index (χ0) is 20.5. The van der Waals surface area contributed by atoms with Gasteiger partial charge in [-0.05, 0) is 26.7 Å². The van der Waals surface area contributed by atoms with Gasteiger partial charge in [0.2, 0.25) is 0 Å². The summed E-state index contributed by atoms with van der Waals surface area (Å²) < 4.78 is 41.1. The molecule has 0 amide bonds. The van der Waals surface area contributed by atoms with Crippen LogP contribution >= 0.6 is 12.2 Å². The molecule has 0 radical (unpaired) electrons. The first kappa shape index (κ1) is 20.8. The Bertz CT molecular complexity index is 796. The van der Waals surface area contributed by atoms with Crippen LogP contribution in [-0.2, 0) is 6.18 Å². The van der Waals surface area contributed by atoms with Crippen molar-refractivity contribution in [1.29, 1.82) is 0 Å². The van der Waals surface area contributed by atoms with E-state index in [1.807, 2.05) is 0 Å². The minimum absolute atomic E-state index is 0.0816. The molecule has 0 unspecified atom stereocenters. The Labute approximate surface area is 157 Å². The molecule has 8 nitrogen and oxygen atoms in total. The molecule has 0 bridgehead atoms. The highest BCUT2D eigenvalue weighted by molar-refractivity contribution is 7.80. The topological polar surface area (TPSA) is 92.8 Å². The Morgan fingerprint density at radius 3 is 2.19 bits per heavy atom. The normalized spacial score (nSPS) is 14.6. The number of halogens is 3. The Kier molecular flexibility index (Phi) is 5.88. The number of nitro benzene ring substituents is 2. The van der Waals surface area contributed by atoms with E-state index in [0.29, 0.717) is 18.9 Å². The molecule has 2 rings (SSSR count). The average molecular weight is 406 g/mol. The third-order valence-electron chi connectivity index (χ3n) is 4.34. The van der Waals surface area contributed by atoms with E-state index in [2.05, 4.69) is 0 Å². The van der Waals surface area contributed by atoms with Crippen molar-refractivity contribution in [3.05, 3.63) is 31.9 Å². The fourth-order valence-corrected chi connectivity index (χ4v) is 3.50. The molecule has 0 spiro atoms. The fraction of sp³-hybridized carbons (Fsp3) is 0.533. The Hall–Kier alpha value is -2.50. The van der Waals surface area contributed by atoms with Gasteiger partial charge < -0.3 is 9.80 Å². The summed E-state index contributed by atoms with van der Waals surface area (Å²) in [4.78, 5) is 23.8. The zero-order valence-electron chi connectivity index (χ0n) is 14.6. The van der Waals surface area contributed by atoms with Gasteiger partial charge in [0.25, 0.3) is 5.69 Å². The summed E-state index contributed by atoms with van der Waals surface area (Å²) in [7, 11) is 0. The number of nitrogens with zero attached hydrogens (tertiary/aromatic N) is 4. The van der Waals surface area contributed by atoms with E-state index in [4.69, 9.17) is 12.2 Å². The van der Waals surface area contributed by atoms with Crippen molar-refractivity contribution in [3.63, 3.8) is 0 Å². The van der Waals surface area contributed by atoms with E-state index < -0.39 is 44.3 Å². The molecule has 1 fully saturated rings. The van der Waals surface area contributed by atoms with E-state index in [0.717, 1.165) is 4.90 Å². The molecule has 27 heavy (non-hydrogen) atoms. The molecule has 1 aliphatic heterocycles. The molecule has 1 aromatic carbocycles. The lowest BCUT2D eigenvalue weighted by molar-refractivity contribution is -0.392. The van der Waals surface area contributed by atoms with Gasteiger partial charge in [-0.2, -0.15) is 13.2 Å². The van der Waals surface area contributed by atoms with Crippen LogP contribution in [0.2, 0.25) is 0 Å². The summed E-state index contributed by atoms with van der Waals surface area (Å²) in [6.45, 7) is 3.59. The van der Waals surface area contributed by atoms with Crippen LogP contribution in [0.5, 0.6) is 0 Å². The Morgan fingerprint density at radius 2 is 1.81 bits per heavy atom. The predicted octanol–water partition coefficient (Wildman–Crippen LogP) is 4.30. The number of hydrogen-bond acceptors (Lipinski definition) is 6. The Balaban J connectivity index is 3.02. The maximum absolute atomic E-state index is 13.7. The molecular weight excluding hydrogens is 389 g/mol. The first-order valence-corrected chi connectivity index (χ1v) is 8.57. The van der Waals surface area contributed by atoms with Gasteiger partial charge >= 0.3 is 11.9 Å². The molecule has 148 valence electrons. The lowest BCUT2D eigenvalue weighted by atomic mass is 10.0. The predicted molar refractivity (Wildman–Crippen MR) is 97.5 cm³/mol. The van der Waals surface area contributed by atoms with Gasteiger partial charge in [-0.3, -0.25) is 20.2 Å². The average Bonchev–Trinajstić information content (AvgIpc) is 2.99. The molecule has 1 aliphatic rings. The van der Waals surface area contributed by atoms with E-state index in [9.17, 15) is 33.4 Å². The molecule has 0 aromatic heterocycles. The lowest BCUT2D eigenvalue weighted by Gasteiger charge is -2.27. The molecule has 1 heterocycles. The van der Waals surface area contributed by atoms with Gasteiger partial charge in [-0.1, -0.05) is 12.2 Å². The summed E-state index contributed by atoms with van der Waals surface area (Å²) in [5.41, 5.74) is -4.48. The molecule has 1 aromatic rings. The number of anilines is 2. The third-order valence-corrected chi connectivity index (χ3v) is 4.76. The van der Waals surface area contributed by atoms with Crippen molar-refractivity contribution in [2.75, 3.05) is 29.4 Å². The quantitative estimate of drug-likeness (QED) is 0.395. The van der Waals surface area contributed by atoms with E-state index in [1.54, 1.807) is 13.8 Å². The van der Waals surface area contributed by atoms with Gasteiger partial charge in [0.05, 0.1) is 20.4 Å². The second-order valence-corrected chi connectivity index (χ2v) is 6.29. The van der Waals surface area contributed by atoms with Crippen LogP contribution in [0.1, 0.15) is 32.3 Å². The van der Waals surface area contributed by atoms with Crippen molar-refractivity contribution in [2.24, 2.45) is 0 Å². The van der Waals surface area contributed by atoms with Gasteiger partial charge in [-0.25, -0.2) is 0 Å². The first-order valence-electron chi connectivity index (χ1n) is 8.16. The third kappa shape index (κ3) is 3.80. The molecular formula is C15H17F3N4O4S. The molecule has 12 heteroatoms. The number of nitro groups is 2. The van der Waals surface area contributed by atoms with Crippen LogP contribution in [0.15, 0.2) is 6.07 Å². The Morgan fingerprint density at radius 1 is 1.22 bits per heavy atom. The van der Waals surface area contributed by atoms with E-state index in [-0.39, 0.29) is 24.6 Å². The molecule has 0 aliphatic carbocycles. The molecule has 0 atom stereocenters. The number of hydrogen-bond donors (Lipinski definition) is 0. The molecule has 0 saturated carbocycles. The smallest absolute Gasteiger partial charge is 0.361 e. The van der Waals surface area contributed by atoms with Crippen molar-refractivity contribution >= 4 is 40.0 Å². The van der Waals surface area contributed by atoms with Crippen molar-refractivity contribution < 1.29 is 23.0 Å².